The smallest absolute Gasteiger partial charge is 0.339 e. The van der Waals surface area contributed by atoms with Gasteiger partial charge in [0.15, 0.2) is 11.6 Å². The number of nitrogens with zero attached hydrogens (tertiary/aromatic N) is 1. The van der Waals surface area contributed by atoms with Crippen LogP contribution in [0.2, 0.25) is 0 Å². The highest BCUT2D eigenvalue weighted by molar-refractivity contribution is 5.82. The Kier molecular flexibility index (Phi) is 5.96. The third-order valence-electron chi connectivity index (χ3n) is 4.91. The highest BCUT2D eigenvalue weighted by Gasteiger charge is 2.16. The number of hydrogen-bond acceptors (Lipinski definition) is 4. The SMILES string of the molecule is COc1ccc2c(C)c(CCC(=O)N(C)Cc3ccc(F)c(F)c3)c(=O)oc2c1. The molecule has 3 rings (SSSR count). The Bertz CT molecular complexity index is 1120. The Hall–Kier alpha value is -3.22. The third-order valence-corrected chi connectivity index (χ3v) is 4.91. The number of ether oxygens (including phenoxy) is 1. The molecule has 5 nitrogen and oxygen atoms in total. The van der Waals surface area contributed by atoms with Crippen LogP contribution in [0.3, 0.4) is 0 Å². The molecule has 7 heteroatoms. The summed E-state index contributed by atoms with van der Waals surface area (Å²) in [4.78, 5) is 26.3. The summed E-state index contributed by atoms with van der Waals surface area (Å²) in [6, 6.07) is 8.76. The van der Waals surface area contributed by atoms with Crippen molar-refractivity contribution in [2.24, 2.45) is 0 Å². The molecule has 0 spiro atoms. The fourth-order valence-corrected chi connectivity index (χ4v) is 3.21. The summed E-state index contributed by atoms with van der Waals surface area (Å²) in [5.74, 6) is -1.52. The van der Waals surface area contributed by atoms with Crippen LogP contribution in [0.1, 0.15) is 23.1 Å². The monoisotopic (exact) mass is 401 g/mol. The maximum Gasteiger partial charge on any atom is 0.339 e. The summed E-state index contributed by atoms with van der Waals surface area (Å²) in [6.45, 7) is 1.96. The van der Waals surface area contributed by atoms with E-state index < -0.39 is 17.3 Å². The first-order valence-corrected chi connectivity index (χ1v) is 9.08. The van der Waals surface area contributed by atoms with Crippen molar-refractivity contribution >= 4 is 16.9 Å². The Morgan fingerprint density at radius 3 is 2.59 bits per heavy atom. The zero-order chi connectivity index (χ0) is 21.1. The molecule has 2 aromatic carbocycles. The molecule has 0 atom stereocenters. The van der Waals surface area contributed by atoms with Gasteiger partial charge in [0.1, 0.15) is 11.3 Å². The quantitative estimate of drug-likeness (QED) is 0.587. The first kappa shape index (κ1) is 20.5. The molecule has 29 heavy (non-hydrogen) atoms. The number of carbonyl (C=O) groups is 1. The zero-order valence-corrected chi connectivity index (χ0v) is 16.4. The second-order valence-electron chi connectivity index (χ2n) is 6.85. The average molecular weight is 401 g/mol. The number of benzene rings is 2. The van der Waals surface area contributed by atoms with Crippen LogP contribution in [-0.2, 0) is 17.8 Å². The number of halogens is 2. The zero-order valence-electron chi connectivity index (χ0n) is 16.4. The van der Waals surface area contributed by atoms with Gasteiger partial charge in [-0.05, 0) is 48.7 Å². The van der Waals surface area contributed by atoms with Gasteiger partial charge in [0.05, 0.1) is 7.11 Å². The largest absolute Gasteiger partial charge is 0.497 e. The molecule has 1 aromatic heterocycles. The van der Waals surface area contributed by atoms with Crippen molar-refractivity contribution in [1.82, 2.24) is 4.90 Å². The summed E-state index contributed by atoms with van der Waals surface area (Å²) in [6.07, 6.45) is 0.310. The molecule has 0 bridgehead atoms. The van der Waals surface area contributed by atoms with Gasteiger partial charge in [-0.3, -0.25) is 4.79 Å². The summed E-state index contributed by atoms with van der Waals surface area (Å²) in [5.41, 5.74) is 1.62. The van der Waals surface area contributed by atoms with Gasteiger partial charge in [0, 0.05) is 37.0 Å². The molecule has 3 aromatic rings. The van der Waals surface area contributed by atoms with Crippen LogP contribution in [0.25, 0.3) is 11.0 Å². The van der Waals surface area contributed by atoms with Crippen LogP contribution in [0.4, 0.5) is 8.78 Å². The minimum absolute atomic E-state index is 0.0907. The normalized spacial score (nSPS) is 10.9. The topological polar surface area (TPSA) is 59.8 Å². The van der Waals surface area contributed by atoms with Crippen LogP contribution >= 0.6 is 0 Å². The Morgan fingerprint density at radius 1 is 1.14 bits per heavy atom. The van der Waals surface area contributed by atoms with E-state index in [2.05, 4.69) is 0 Å². The fourth-order valence-electron chi connectivity index (χ4n) is 3.21. The van der Waals surface area contributed by atoms with Crippen LogP contribution < -0.4 is 10.4 Å². The van der Waals surface area contributed by atoms with E-state index in [1.165, 1.54) is 18.1 Å². The van der Waals surface area contributed by atoms with Crippen molar-refractivity contribution < 1.29 is 22.7 Å². The molecule has 1 heterocycles. The standard InChI is InChI=1S/C22H21F2NO4/c1-13-16-6-5-15(28-3)11-20(16)29-22(27)17(13)7-9-21(26)25(2)12-14-4-8-18(23)19(24)10-14/h4-6,8,10-11H,7,9,12H2,1-3H3. The van der Waals surface area contributed by atoms with Crippen LogP contribution in [0, 0.1) is 18.6 Å². The van der Waals surface area contributed by atoms with Crippen LogP contribution in [-0.4, -0.2) is 25.0 Å². The lowest BCUT2D eigenvalue weighted by atomic mass is 10.0. The summed E-state index contributed by atoms with van der Waals surface area (Å²) < 4.78 is 36.9. The number of methoxy groups -OCH3 is 1. The summed E-state index contributed by atoms with van der Waals surface area (Å²) >= 11 is 0. The van der Waals surface area contributed by atoms with Crippen molar-refractivity contribution in [2.45, 2.75) is 26.3 Å². The van der Waals surface area contributed by atoms with Crippen molar-refractivity contribution in [3.8, 4) is 5.75 Å². The number of carbonyl (C=O) groups excluding carboxylic acids is 1. The van der Waals surface area contributed by atoms with E-state index >= 15 is 0 Å². The second kappa shape index (κ2) is 8.43. The van der Waals surface area contributed by atoms with Gasteiger partial charge in [-0.1, -0.05) is 6.07 Å². The van der Waals surface area contributed by atoms with E-state index in [9.17, 15) is 18.4 Å². The Labute approximate surface area is 166 Å². The van der Waals surface area contributed by atoms with Gasteiger partial charge in [-0.25, -0.2) is 13.6 Å². The minimum atomic E-state index is -0.954. The lowest BCUT2D eigenvalue weighted by Gasteiger charge is -2.17. The van der Waals surface area contributed by atoms with Gasteiger partial charge in [0.2, 0.25) is 5.91 Å². The first-order chi connectivity index (χ1) is 13.8. The number of fused-ring (bicyclic) bond motifs is 1. The molecule has 0 fully saturated rings. The highest BCUT2D eigenvalue weighted by atomic mass is 19.2. The van der Waals surface area contributed by atoms with E-state index in [0.29, 0.717) is 22.5 Å². The molecule has 0 radical (unpaired) electrons. The van der Waals surface area contributed by atoms with Crippen LogP contribution in [0.15, 0.2) is 45.6 Å². The molecule has 0 N–H and O–H groups in total. The van der Waals surface area contributed by atoms with Gasteiger partial charge in [-0.2, -0.15) is 0 Å². The molecule has 0 unspecified atom stereocenters. The van der Waals surface area contributed by atoms with E-state index in [1.54, 1.807) is 19.2 Å². The van der Waals surface area contributed by atoms with Gasteiger partial charge in [-0.15, -0.1) is 0 Å². The summed E-state index contributed by atoms with van der Waals surface area (Å²) in [5, 5.41) is 0.781. The number of hydrogen-bond donors (Lipinski definition) is 0. The molecule has 0 aliphatic carbocycles. The van der Waals surface area contributed by atoms with Gasteiger partial charge >= 0.3 is 5.63 Å². The molecule has 0 saturated carbocycles. The number of rotatable bonds is 6. The first-order valence-electron chi connectivity index (χ1n) is 9.08. The van der Waals surface area contributed by atoms with Crippen molar-refractivity contribution in [1.29, 1.82) is 0 Å². The van der Waals surface area contributed by atoms with E-state index in [-0.39, 0.29) is 25.3 Å². The van der Waals surface area contributed by atoms with Crippen molar-refractivity contribution in [3.63, 3.8) is 0 Å². The minimum Gasteiger partial charge on any atom is -0.497 e. The maximum atomic E-state index is 13.3. The van der Waals surface area contributed by atoms with E-state index in [0.717, 1.165) is 23.1 Å². The molecular formula is C22H21F2NO4. The third kappa shape index (κ3) is 4.45. The maximum absolute atomic E-state index is 13.3. The highest BCUT2D eigenvalue weighted by Crippen LogP contribution is 2.24. The van der Waals surface area contributed by atoms with Gasteiger partial charge < -0.3 is 14.1 Å². The summed E-state index contributed by atoms with van der Waals surface area (Å²) in [7, 11) is 3.11. The molecule has 0 aliphatic rings. The predicted octanol–water partition coefficient (Wildman–Crippen LogP) is 3.98. The lowest BCUT2D eigenvalue weighted by Crippen LogP contribution is -2.27. The van der Waals surface area contributed by atoms with Crippen molar-refractivity contribution in [3.05, 3.63) is 75.1 Å². The van der Waals surface area contributed by atoms with Crippen LogP contribution in [0.5, 0.6) is 5.75 Å². The van der Waals surface area contributed by atoms with E-state index in [1.807, 2.05) is 13.0 Å². The molecule has 1 amide bonds. The number of aryl methyl sites for hydroxylation is 1. The fraction of sp³-hybridized carbons (Fsp3) is 0.273. The van der Waals surface area contributed by atoms with Gasteiger partial charge in [0.25, 0.3) is 0 Å². The Balaban J connectivity index is 1.73. The Morgan fingerprint density at radius 2 is 1.90 bits per heavy atom. The molecule has 0 aliphatic heterocycles. The van der Waals surface area contributed by atoms with Crippen molar-refractivity contribution in [2.75, 3.05) is 14.2 Å². The average Bonchev–Trinajstić information content (AvgIpc) is 2.69. The number of amides is 1. The second-order valence-corrected chi connectivity index (χ2v) is 6.85. The lowest BCUT2D eigenvalue weighted by molar-refractivity contribution is -0.130. The molecule has 152 valence electrons. The van der Waals surface area contributed by atoms with E-state index in [4.69, 9.17) is 9.15 Å². The predicted molar refractivity (Wildman–Crippen MR) is 105 cm³/mol. The molecular weight excluding hydrogens is 380 g/mol. The molecule has 0 saturated heterocycles.